The second kappa shape index (κ2) is 8.34. The van der Waals surface area contributed by atoms with E-state index in [0.717, 1.165) is 0 Å². The normalized spacial score (nSPS) is 11.8. The van der Waals surface area contributed by atoms with Crippen LogP contribution in [0.1, 0.15) is 18.1 Å². The van der Waals surface area contributed by atoms with Crippen LogP contribution in [0.3, 0.4) is 0 Å². The number of aromatic nitrogens is 4. The van der Waals surface area contributed by atoms with Crippen LogP contribution >= 0.6 is 11.6 Å². The van der Waals surface area contributed by atoms with Gasteiger partial charge in [-0.05, 0) is 30.2 Å². The maximum absolute atomic E-state index is 15.4. The van der Waals surface area contributed by atoms with Gasteiger partial charge in [0.05, 0.1) is 10.9 Å². The van der Waals surface area contributed by atoms with E-state index in [1.165, 1.54) is 10.9 Å². The molecule has 2 aromatic heterocycles. The first kappa shape index (κ1) is 21.9. The van der Waals surface area contributed by atoms with Gasteiger partial charge in [0, 0.05) is 18.3 Å². The minimum atomic E-state index is -5.10. The Morgan fingerprint density at radius 3 is 2.47 bits per heavy atom. The van der Waals surface area contributed by atoms with Gasteiger partial charge in [0.15, 0.2) is 23.0 Å². The zero-order chi connectivity index (χ0) is 23.0. The third-order valence-corrected chi connectivity index (χ3v) is 4.89. The minimum Gasteiger partial charge on any atom is -0.483 e. The molecule has 0 radical (unpaired) electrons. The summed E-state index contributed by atoms with van der Waals surface area (Å²) in [5.74, 6) is -4.30. The molecule has 0 unspecified atom stereocenters. The molecule has 4 aromatic rings. The summed E-state index contributed by atoms with van der Waals surface area (Å²) in [4.78, 5) is 7.82. The Morgan fingerprint density at radius 2 is 1.81 bits per heavy atom. The van der Waals surface area contributed by atoms with Gasteiger partial charge in [-0.2, -0.15) is 23.3 Å². The van der Waals surface area contributed by atoms with Crippen molar-refractivity contribution in [1.82, 2.24) is 19.7 Å². The molecule has 166 valence electrons. The lowest BCUT2D eigenvalue weighted by Gasteiger charge is -2.16. The number of hydrogen-bond donors (Lipinski definition) is 0. The third-order valence-electron chi connectivity index (χ3n) is 4.71. The summed E-state index contributed by atoms with van der Waals surface area (Å²) in [6, 6.07) is 8.64. The van der Waals surface area contributed by atoms with E-state index in [9.17, 15) is 17.6 Å². The zero-order valence-electron chi connectivity index (χ0n) is 16.4. The number of ether oxygens (including phenoxy) is 1. The van der Waals surface area contributed by atoms with Crippen LogP contribution in [0.2, 0.25) is 5.28 Å². The quantitative estimate of drug-likeness (QED) is 0.264. The van der Waals surface area contributed by atoms with E-state index in [2.05, 4.69) is 15.1 Å². The molecule has 32 heavy (non-hydrogen) atoms. The first-order valence-corrected chi connectivity index (χ1v) is 9.73. The molecule has 5 nitrogen and oxygen atoms in total. The Bertz CT molecular complexity index is 1290. The van der Waals surface area contributed by atoms with Gasteiger partial charge in [0.25, 0.3) is 0 Å². The first-order valence-electron chi connectivity index (χ1n) is 9.36. The summed E-state index contributed by atoms with van der Waals surface area (Å²) in [7, 11) is 0. The van der Waals surface area contributed by atoms with E-state index in [0.29, 0.717) is 11.6 Å². The molecule has 0 spiro atoms. The van der Waals surface area contributed by atoms with Crippen molar-refractivity contribution in [3.8, 4) is 17.0 Å². The fourth-order valence-electron chi connectivity index (χ4n) is 3.20. The van der Waals surface area contributed by atoms with Crippen molar-refractivity contribution in [2.45, 2.75) is 26.3 Å². The summed E-state index contributed by atoms with van der Waals surface area (Å²) in [5, 5.41) is 4.21. The van der Waals surface area contributed by atoms with E-state index >= 15 is 4.39 Å². The maximum Gasteiger partial charge on any atom is 0.419 e. The van der Waals surface area contributed by atoms with Crippen molar-refractivity contribution in [3.63, 3.8) is 0 Å². The Kier molecular flexibility index (Phi) is 5.72. The third kappa shape index (κ3) is 3.97. The van der Waals surface area contributed by atoms with Gasteiger partial charge in [-0.15, -0.1) is 0 Å². The van der Waals surface area contributed by atoms with Crippen molar-refractivity contribution in [2.24, 2.45) is 0 Å². The SMILES string of the molecule is CCn1nc(-c2cc(C(F)(F)F)c(F)c(OCc3ccccc3)c2F)c2cnc(Cl)nc21. The van der Waals surface area contributed by atoms with E-state index in [-0.39, 0.29) is 35.2 Å². The molecular weight excluding hydrogens is 455 g/mol. The van der Waals surface area contributed by atoms with Crippen molar-refractivity contribution < 1.29 is 26.7 Å². The van der Waals surface area contributed by atoms with Gasteiger partial charge in [0.2, 0.25) is 5.28 Å². The average molecular weight is 469 g/mol. The van der Waals surface area contributed by atoms with Crippen LogP contribution in [-0.4, -0.2) is 19.7 Å². The van der Waals surface area contributed by atoms with Gasteiger partial charge in [-0.25, -0.2) is 18.4 Å². The summed E-state index contributed by atoms with van der Waals surface area (Å²) >= 11 is 5.81. The summed E-state index contributed by atoms with van der Waals surface area (Å²) in [6.45, 7) is 1.65. The number of hydrogen-bond acceptors (Lipinski definition) is 4. The van der Waals surface area contributed by atoms with Crippen molar-refractivity contribution in [2.75, 3.05) is 0 Å². The van der Waals surface area contributed by atoms with E-state index < -0.39 is 34.7 Å². The lowest BCUT2D eigenvalue weighted by molar-refractivity contribution is -0.140. The molecule has 0 atom stereocenters. The van der Waals surface area contributed by atoms with E-state index in [1.54, 1.807) is 37.3 Å². The molecule has 0 amide bonds. The van der Waals surface area contributed by atoms with Crippen LogP contribution in [0.5, 0.6) is 5.75 Å². The number of halogens is 6. The largest absolute Gasteiger partial charge is 0.483 e. The highest BCUT2D eigenvalue weighted by Crippen LogP contribution is 2.42. The first-order chi connectivity index (χ1) is 15.2. The van der Waals surface area contributed by atoms with Gasteiger partial charge in [0.1, 0.15) is 12.3 Å². The monoisotopic (exact) mass is 468 g/mol. The second-order valence-electron chi connectivity index (χ2n) is 6.74. The number of alkyl halides is 3. The molecule has 11 heteroatoms. The molecular formula is C21H14ClF5N4O. The fraction of sp³-hybridized carbons (Fsp3) is 0.190. The topological polar surface area (TPSA) is 52.8 Å². The van der Waals surface area contributed by atoms with Crippen LogP contribution in [0.15, 0.2) is 42.6 Å². The second-order valence-corrected chi connectivity index (χ2v) is 7.08. The van der Waals surface area contributed by atoms with Crippen LogP contribution in [0.25, 0.3) is 22.3 Å². The molecule has 0 aliphatic heterocycles. The van der Waals surface area contributed by atoms with E-state index in [1.807, 2.05) is 0 Å². The van der Waals surface area contributed by atoms with Crippen molar-refractivity contribution in [1.29, 1.82) is 0 Å². The van der Waals surface area contributed by atoms with Gasteiger partial charge in [-0.3, -0.25) is 0 Å². The molecule has 0 aliphatic rings. The predicted molar refractivity (Wildman–Crippen MR) is 107 cm³/mol. The predicted octanol–water partition coefficient (Wildman–Crippen LogP) is 6.04. The molecule has 0 bridgehead atoms. The van der Waals surface area contributed by atoms with Crippen LogP contribution in [0.4, 0.5) is 22.0 Å². The minimum absolute atomic E-state index is 0.110. The smallest absolute Gasteiger partial charge is 0.419 e. The maximum atomic E-state index is 15.4. The highest BCUT2D eigenvalue weighted by atomic mass is 35.5. The molecule has 0 N–H and O–H groups in total. The van der Waals surface area contributed by atoms with Crippen LogP contribution in [0, 0.1) is 11.6 Å². The van der Waals surface area contributed by atoms with Gasteiger partial charge in [-0.1, -0.05) is 30.3 Å². The molecule has 0 aliphatic carbocycles. The molecule has 0 saturated heterocycles. The number of rotatable bonds is 5. The Morgan fingerprint density at radius 1 is 1.09 bits per heavy atom. The van der Waals surface area contributed by atoms with Crippen molar-refractivity contribution >= 4 is 22.6 Å². The molecule has 4 rings (SSSR count). The average Bonchev–Trinajstić information content (AvgIpc) is 3.11. The molecule has 0 fully saturated rings. The Hall–Kier alpha value is -3.27. The number of benzene rings is 2. The van der Waals surface area contributed by atoms with Gasteiger partial charge < -0.3 is 4.74 Å². The fourth-order valence-corrected chi connectivity index (χ4v) is 3.33. The molecule has 0 saturated carbocycles. The zero-order valence-corrected chi connectivity index (χ0v) is 17.2. The Balaban J connectivity index is 1.92. The van der Waals surface area contributed by atoms with E-state index in [4.69, 9.17) is 16.3 Å². The standard InChI is InChI=1S/C21H14ClF5N4O/c1-2-31-19-13(9-28-20(22)29-19)17(30-31)12-8-14(21(25,26)27)16(24)18(15(12)23)32-10-11-6-4-3-5-7-11/h3-9H,2,10H2,1H3. The number of fused-ring (bicyclic) bond motifs is 1. The molecule has 2 heterocycles. The molecule has 2 aromatic carbocycles. The van der Waals surface area contributed by atoms with Crippen LogP contribution in [-0.2, 0) is 19.3 Å². The van der Waals surface area contributed by atoms with Gasteiger partial charge >= 0.3 is 6.18 Å². The highest BCUT2D eigenvalue weighted by Gasteiger charge is 2.38. The lowest BCUT2D eigenvalue weighted by Crippen LogP contribution is -2.12. The lowest BCUT2D eigenvalue weighted by atomic mass is 10.0. The number of aryl methyl sites for hydroxylation is 1. The number of nitrogens with zero attached hydrogens (tertiary/aromatic N) is 4. The summed E-state index contributed by atoms with van der Waals surface area (Å²) in [5.41, 5.74) is -1.73. The highest BCUT2D eigenvalue weighted by molar-refractivity contribution is 6.28. The van der Waals surface area contributed by atoms with Crippen LogP contribution < -0.4 is 4.74 Å². The Labute approximate surface area is 183 Å². The van der Waals surface area contributed by atoms with Crippen molar-refractivity contribution in [3.05, 3.63) is 70.6 Å². The summed E-state index contributed by atoms with van der Waals surface area (Å²) < 4.78 is 77.3. The summed E-state index contributed by atoms with van der Waals surface area (Å²) in [6.07, 6.45) is -3.87.